The van der Waals surface area contributed by atoms with Crippen molar-refractivity contribution in [1.29, 1.82) is 0 Å². The number of anilines is 2. The van der Waals surface area contributed by atoms with Crippen LogP contribution in [-0.2, 0) is 0 Å². The molecule has 0 spiro atoms. The highest BCUT2D eigenvalue weighted by Gasteiger charge is 2.37. The second-order valence-electron chi connectivity index (χ2n) is 5.97. The smallest absolute Gasteiger partial charge is 0.383 e. The predicted octanol–water partition coefficient (Wildman–Crippen LogP) is 3.23. The van der Waals surface area contributed by atoms with Gasteiger partial charge in [-0.15, -0.1) is 0 Å². The van der Waals surface area contributed by atoms with Crippen molar-refractivity contribution in [3.8, 4) is 0 Å². The largest absolute Gasteiger partial charge is 0.408 e. The van der Waals surface area contributed by atoms with Gasteiger partial charge in [0.1, 0.15) is 24.1 Å². The lowest BCUT2D eigenvalue weighted by Gasteiger charge is -2.23. The van der Waals surface area contributed by atoms with Crippen LogP contribution in [0.5, 0.6) is 0 Å². The molecule has 0 bridgehead atoms. The van der Waals surface area contributed by atoms with Crippen molar-refractivity contribution >= 4 is 17.5 Å². The molecule has 26 heavy (non-hydrogen) atoms. The fourth-order valence-electron chi connectivity index (χ4n) is 2.28. The van der Waals surface area contributed by atoms with E-state index in [2.05, 4.69) is 25.6 Å². The molecule has 146 valence electrons. The van der Waals surface area contributed by atoms with Gasteiger partial charge in [-0.1, -0.05) is 6.92 Å². The van der Waals surface area contributed by atoms with E-state index in [1.807, 2.05) is 6.92 Å². The average Bonchev–Trinajstić information content (AvgIpc) is 2.57. The molecule has 1 heterocycles. The number of hydrogen-bond donors (Lipinski definition) is 3. The SMILES string of the molecule is CCCNc1nc(N[C@H](C)C(F)(F)F)nc(C2=C(F)C(O)[C@@H](F)CC2)n1. The third-order valence-corrected chi connectivity index (χ3v) is 3.84. The quantitative estimate of drug-likeness (QED) is 0.657. The normalized spacial score (nSPS) is 22.3. The minimum absolute atomic E-state index is 0.0362. The summed E-state index contributed by atoms with van der Waals surface area (Å²) in [5.74, 6) is -1.79. The van der Waals surface area contributed by atoms with Gasteiger partial charge in [0.15, 0.2) is 5.82 Å². The number of allylic oxidation sites excluding steroid dienone is 1. The Kier molecular flexibility index (Phi) is 6.32. The summed E-state index contributed by atoms with van der Waals surface area (Å²) >= 11 is 0. The molecule has 0 amide bonds. The second kappa shape index (κ2) is 8.11. The summed E-state index contributed by atoms with van der Waals surface area (Å²) in [6.45, 7) is 3.19. The number of nitrogens with one attached hydrogen (secondary N) is 2. The molecule has 1 aromatic heterocycles. The van der Waals surface area contributed by atoms with Crippen LogP contribution in [0.25, 0.3) is 5.57 Å². The van der Waals surface area contributed by atoms with Crippen molar-refractivity contribution in [2.24, 2.45) is 0 Å². The van der Waals surface area contributed by atoms with E-state index in [4.69, 9.17) is 0 Å². The van der Waals surface area contributed by atoms with E-state index in [1.165, 1.54) is 0 Å². The van der Waals surface area contributed by atoms with Crippen LogP contribution in [0.15, 0.2) is 5.83 Å². The van der Waals surface area contributed by atoms with E-state index in [0.717, 1.165) is 6.92 Å². The van der Waals surface area contributed by atoms with Gasteiger partial charge in [-0.25, -0.2) is 8.78 Å². The van der Waals surface area contributed by atoms with Crippen molar-refractivity contribution in [3.63, 3.8) is 0 Å². The van der Waals surface area contributed by atoms with Gasteiger partial charge < -0.3 is 15.7 Å². The Morgan fingerprint density at radius 2 is 1.88 bits per heavy atom. The summed E-state index contributed by atoms with van der Waals surface area (Å²) in [5, 5.41) is 14.5. The Morgan fingerprint density at radius 3 is 2.50 bits per heavy atom. The maximum Gasteiger partial charge on any atom is 0.408 e. The van der Waals surface area contributed by atoms with E-state index >= 15 is 0 Å². The fourth-order valence-corrected chi connectivity index (χ4v) is 2.28. The molecule has 2 rings (SSSR count). The molecule has 0 aliphatic heterocycles. The lowest BCUT2D eigenvalue weighted by Crippen LogP contribution is -2.34. The van der Waals surface area contributed by atoms with Crippen molar-refractivity contribution in [1.82, 2.24) is 15.0 Å². The Morgan fingerprint density at radius 1 is 1.23 bits per heavy atom. The van der Waals surface area contributed by atoms with Gasteiger partial charge in [0, 0.05) is 12.1 Å². The molecule has 0 saturated carbocycles. The van der Waals surface area contributed by atoms with Gasteiger partial charge in [0.05, 0.1) is 0 Å². The third-order valence-electron chi connectivity index (χ3n) is 3.84. The van der Waals surface area contributed by atoms with Crippen LogP contribution in [0.4, 0.5) is 33.8 Å². The van der Waals surface area contributed by atoms with E-state index < -0.39 is 36.3 Å². The summed E-state index contributed by atoms with van der Waals surface area (Å²) in [7, 11) is 0. The van der Waals surface area contributed by atoms with E-state index in [1.54, 1.807) is 0 Å². The molecule has 1 aliphatic rings. The van der Waals surface area contributed by atoms with Gasteiger partial charge in [-0.2, -0.15) is 28.1 Å². The molecule has 1 aromatic rings. The van der Waals surface area contributed by atoms with Crippen molar-refractivity contribution in [2.75, 3.05) is 17.2 Å². The zero-order valence-corrected chi connectivity index (χ0v) is 14.2. The number of alkyl halides is 4. The molecule has 6 nitrogen and oxygen atoms in total. The molecule has 0 saturated heterocycles. The molecule has 3 atom stereocenters. The van der Waals surface area contributed by atoms with Crippen LogP contribution in [0.3, 0.4) is 0 Å². The maximum absolute atomic E-state index is 14.2. The molecular weight excluding hydrogens is 361 g/mol. The highest BCUT2D eigenvalue weighted by atomic mass is 19.4. The Labute approximate surface area is 146 Å². The zero-order chi connectivity index (χ0) is 19.5. The highest BCUT2D eigenvalue weighted by Crippen LogP contribution is 2.34. The summed E-state index contributed by atoms with van der Waals surface area (Å²) in [6.07, 6.45) is -7.75. The van der Waals surface area contributed by atoms with Gasteiger partial charge in [-0.05, 0) is 26.2 Å². The number of aliphatic hydroxyl groups is 1. The Hall–Kier alpha value is -2.04. The molecule has 0 aromatic carbocycles. The third kappa shape index (κ3) is 4.77. The second-order valence-corrected chi connectivity index (χ2v) is 5.97. The van der Waals surface area contributed by atoms with Crippen LogP contribution in [0.1, 0.15) is 38.9 Å². The van der Waals surface area contributed by atoms with Crippen LogP contribution >= 0.6 is 0 Å². The van der Waals surface area contributed by atoms with Crippen LogP contribution in [0, 0.1) is 0 Å². The van der Waals surface area contributed by atoms with Crippen LogP contribution in [0.2, 0.25) is 0 Å². The molecular formula is C15H20F5N5O. The van der Waals surface area contributed by atoms with E-state index in [0.29, 0.717) is 13.0 Å². The first-order valence-electron chi connectivity index (χ1n) is 8.17. The topological polar surface area (TPSA) is 83.0 Å². The fraction of sp³-hybridized carbons (Fsp3) is 0.667. The van der Waals surface area contributed by atoms with Crippen molar-refractivity contribution in [2.45, 2.75) is 57.6 Å². The lowest BCUT2D eigenvalue weighted by molar-refractivity contribution is -0.138. The maximum atomic E-state index is 14.2. The number of aromatic nitrogens is 3. The van der Waals surface area contributed by atoms with Crippen molar-refractivity contribution in [3.05, 3.63) is 11.7 Å². The number of hydrogen-bond acceptors (Lipinski definition) is 6. The first kappa shape index (κ1) is 20.3. The van der Waals surface area contributed by atoms with E-state index in [9.17, 15) is 27.1 Å². The Balaban J connectivity index is 2.40. The average molecular weight is 381 g/mol. The summed E-state index contributed by atoms with van der Waals surface area (Å²) < 4.78 is 65.9. The van der Waals surface area contributed by atoms with E-state index in [-0.39, 0.29) is 30.2 Å². The van der Waals surface area contributed by atoms with Gasteiger partial charge in [0.2, 0.25) is 11.9 Å². The number of halogens is 5. The minimum atomic E-state index is -4.53. The Bertz CT molecular complexity index is 666. The molecule has 0 radical (unpaired) electrons. The van der Waals surface area contributed by atoms with Gasteiger partial charge in [0.25, 0.3) is 0 Å². The van der Waals surface area contributed by atoms with Gasteiger partial charge in [-0.3, -0.25) is 0 Å². The molecule has 1 unspecified atom stereocenters. The first-order chi connectivity index (χ1) is 12.1. The standard InChI is InChI=1S/C15H20F5N5O/c1-3-6-21-13-23-12(8-4-5-9(16)11(26)10(8)17)24-14(25-13)22-7(2)15(18,19)20/h7,9,11,26H,3-6H2,1-2H3,(H2,21,22,23,24,25)/t7-,9+,11?/m1/s1. The summed E-state index contributed by atoms with van der Waals surface area (Å²) in [4.78, 5) is 11.7. The molecule has 0 fully saturated rings. The monoisotopic (exact) mass is 381 g/mol. The van der Waals surface area contributed by atoms with Gasteiger partial charge >= 0.3 is 6.18 Å². The minimum Gasteiger partial charge on any atom is -0.383 e. The molecule has 3 N–H and O–H groups in total. The number of aliphatic hydroxyl groups excluding tert-OH is 1. The highest BCUT2D eigenvalue weighted by molar-refractivity contribution is 5.65. The van der Waals surface area contributed by atoms with Crippen molar-refractivity contribution < 1.29 is 27.1 Å². The lowest BCUT2D eigenvalue weighted by atomic mass is 9.94. The summed E-state index contributed by atoms with van der Waals surface area (Å²) in [5.41, 5.74) is -0.143. The van der Waals surface area contributed by atoms with Crippen LogP contribution < -0.4 is 10.6 Å². The first-order valence-corrected chi connectivity index (χ1v) is 8.17. The van der Waals surface area contributed by atoms with Crippen LogP contribution in [-0.4, -0.2) is 51.1 Å². The zero-order valence-electron chi connectivity index (χ0n) is 14.2. The predicted molar refractivity (Wildman–Crippen MR) is 85.9 cm³/mol. The summed E-state index contributed by atoms with van der Waals surface area (Å²) in [6, 6.07) is -1.94. The number of nitrogens with zero attached hydrogens (tertiary/aromatic N) is 3. The number of rotatable bonds is 6. The molecule has 11 heteroatoms. The molecule has 1 aliphatic carbocycles.